The highest BCUT2D eigenvalue weighted by Gasteiger charge is 2.41. The first-order valence-corrected chi connectivity index (χ1v) is 5.43. The Morgan fingerprint density at radius 3 is 1.50 bits per heavy atom. The third-order valence-corrected chi connectivity index (χ3v) is 3.98. The predicted octanol–water partition coefficient (Wildman–Crippen LogP) is 0.929. The highest BCUT2D eigenvalue weighted by atomic mass is 15.4. The Hall–Kier alpha value is -0.0800. The van der Waals surface area contributed by atoms with E-state index < -0.39 is 0 Å². The second kappa shape index (κ2) is 2.71. The minimum atomic E-state index is 0.946. The number of piperazine rings is 3. The zero-order valence-corrected chi connectivity index (χ0v) is 7.71. The number of nitrogens with zero attached hydrogens (tertiary/aromatic N) is 2. The van der Waals surface area contributed by atoms with Gasteiger partial charge in [-0.2, -0.15) is 0 Å². The van der Waals surface area contributed by atoms with Crippen LogP contribution in [0.5, 0.6) is 0 Å². The molecule has 0 spiro atoms. The van der Waals surface area contributed by atoms with Crippen LogP contribution < -0.4 is 0 Å². The minimum Gasteiger partial charge on any atom is -0.296 e. The number of fused-ring (bicyclic) bond motifs is 2. The van der Waals surface area contributed by atoms with Crippen molar-refractivity contribution >= 4 is 0 Å². The van der Waals surface area contributed by atoms with Gasteiger partial charge in [-0.1, -0.05) is 12.8 Å². The fraction of sp³-hybridized carbons (Fsp3) is 1.00. The number of rotatable bonds is 0. The van der Waals surface area contributed by atoms with Crippen LogP contribution in [0.25, 0.3) is 0 Å². The van der Waals surface area contributed by atoms with Crippen molar-refractivity contribution in [3.05, 3.63) is 0 Å². The first-order chi connectivity index (χ1) is 5.95. The maximum absolute atomic E-state index is 2.74. The van der Waals surface area contributed by atoms with E-state index in [1.165, 1.54) is 51.9 Å². The molecule has 2 nitrogen and oxygen atoms in total. The summed E-state index contributed by atoms with van der Waals surface area (Å²) in [5, 5.41) is 0. The van der Waals surface area contributed by atoms with E-state index in [2.05, 4.69) is 9.80 Å². The van der Waals surface area contributed by atoms with Crippen LogP contribution in [-0.4, -0.2) is 48.1 Å². The van der Waals surface area contributed by atoms with Crippen molar-refractivity contribution in [2.24, 2.45) is 0 Å². The smallest absolute Gasteiger partial charge is 0.0252 e. The molecule has 3 heterocycles. The van der Waals surface area contributed by atoms with Gasteiger partial charge in [0.15, 0.2) is 0 Å². The van der Waals surface area contributed by atoms with Gasteiger partial charge in [0.25, 0.3) is 0 Å². The van der Waals surface area contributed by atoms with Gasteiger partial charge >= 0.3 is 0 Å². The van der Waals surface area contributed by atoms with Crippen LogP contribution in [0, 0.1) is 0 Å². The molecular formula is C10H18N2. The molecule has 0 aromatic carbocycles. The Bertz CT molecular complexity index is 153. The molecule has 4 rings (SSSR count). The second-order valence-corrected chi connectivity index (χ2v) is 4.49. The second-order valence-electron chi connectivity index (χ2n) is 4.49. The lowest BCUT2D eigenvalue weighted by atomic mass is 9.84. The summed E-state index contributed by atoms with van der Waals surface area (Å²) >= 11 is 0. The molecule has 4 aliphatic rings. The summed E-state index contributed by atoms with van der Waals surface area (Å²) in [7, 11) is 0. The van der Waals surface area contributed by atoms with Crippen LogP contribution in [0.1, 0.15) is 25.7 Å². The highest BCUT2D eigenvalue weighted by molar-refractivity contribution is 4.97. The van der Waals surface area contributed by atoms with E-state index in [1.54, 1.807) is 0 Å². The van der Waals surface area contributed by atoms with Crippen LogP contribution in [0.3, 0.4) is 0 Å². The fourth-order valence-electron chi connectivity index (χ4n) is 3.34. The maximum Gasteiger partial charge on any atom is 0.0252 e. The van der Waals surface area contributed by atoms with E-state index in [4.69, 9.17) is 0 Å². The molecular weight excluding hydrogens is 148 g/mol. The van der Waals surface area contributed by atoms with Gasteiger partial charge < -0.3 is 0 Å². The molecule has 1 saturated carbocycles. The minimum absolute atomic E-state index is 0.946. The van der Waals surface area contributed by atoms with E-state index >= 15 is 0 Å². The average Bonchev–Trinajstić information content (AvgIpc) is 2.20. The molecule has 0 N–H and O–H groups in total. The van der Waals surface area contributed by atoms with Crippen molar-refractivity contribution in [1.29, 1.82) is 0 Å². The molecule has 0 amide bonds. The quantitative estimate of drug-likeness (QED) is 0.528. The summed E-state index contributed by atoms with van der Waals surface area (Å²) in [6.07, 6.45) is 5.90. The molecule has 4 fully saturated rings. The zero-order valence-electron chi connectivity index (χ0n) is 7.71. The molecule has 0 aromatic heterocycles. The predicted molar refractivity (Wildman–Crippen MR) is 49.2 cm³/mol. The molecule has 3 saturated heterocycles. The topological polar surface area (TPSA) is 6.48 Å². The van der Waals surface area contributed by atoms with Gasteiger partial charge in [-0.15, -0.1) is 0 Å². The lowest BCUT2D eigenvalue weighted by Crippen LogP contribution is -2.67. The van der Waals surface area contributed by atoms with E-state index in [-0.39, 0.29) is 0 Å². The molecule has 2 unspecified atom stereocenters. The van der Waals surface area contributed by atoms with Gasteiger partial charge in [0.05, 0.1) is 0 Å². The van der Waals surface area contributed by atoms with E-state index in [1.807, 2.05) is 0 Å². The van der Waals surface area contributed by atoms with Gasteiger partial charge in [0.2, 0.25) is 0 Å². The fourth-order valence-corrected chi connectivity index (χ4v) is 3.34. The van der Waals surface area contributed by atoms with Gasteiger partial charge in [-0.3, -0.25) is 9.80 Å². The van der Waals surface area contributed by atoms with Crippen molar-refractivity contribution in [2.45, 2.75) is 37.8 Å². The Balaban J connectivity index is 1.83. The zero-order chi connectivity index (χ0) is 7.97. The summed E-state index contributed by atoms with van der Waals surface area (Å²) in [6.45, 7) is 5.39. The summed E-state index contributed by atoms with van der Waals surface area (Å²) in [4.78, 5) is 5.48. The first-order valence-electron chi connectivity index (χ1n) is 5.43. The van der Waals surface area contributed by atoms with E-state index in [0.29, 0.717) is 0 Å². The lowest BCUT2D eigenvalue weighted by Gasteiger charge is -2.55. The van der Waals surface area contributed by atoms with Crippen molar-refractivity contribution in [3.8, 4) is 0 Å². The highest BCUT2D eigenvalue weighted by Crippen LogP contribution is 2.32. The molecule has 1 aliphatic carbocycles. The molecule has 2 bridgehead atoms. The summed E-state index contributed by atoms with van der Waals surface area (Å²) in [5.41, 5.74) is 0. The van der Waals surface area contributed by atoms with Crippen molar-refractivity contribution < 1.29 is 0 Å². The Morgan fingerprint density at radius 1 is 0.667 bits per heavy atom. The molecule has 2 atom stereocenters. The van der Waals surface area contributed by atoms with Crippen LogP contribution in [-0.2, 0) is 0 Å². The van der Waals surface area contributed by atoms with Gasteiger partial charge in [0, 0.05) is 38.3 Å². The largest absolute Gasteiger partial charge is 0.296 e. The third kappa shape index (κ3) is 0.944. The number of hydrogen-bond donors (Lipinski definition) is 0. The maximum atomic E-state index is 2.74. The Kier molecular flexibility index (Phi) is 1.66. The Labute approximate surface area is 74.5 Å². The third-order valence-electron chi connectivity index (χ3n) is 3.98. The Morgan fingerprint density at radius 2 is 1.08 bits per heavy atom. The SMILES string of the molecule is C1CCC2C(C1)N1CCN2CC1. The normalized spacial score (nSPS) is 52.0. The van der Waals surface area contributed by atoms with Crippen LogP contribution in [0.2, 0.25) is 0 Å². The van der Waals surface area contributed by atoms with E-state index in [0.717, 1.165) is 12.1 Å². The van der Waals surface area contributed by atoms with Gasteiger partial charge in [-0.25, -0.2) is 0 Å². The monoisotopic (exact) mass is 166 g/mol. The summed E-state index contributed by atoms with van der Waals surface area (Å²) in [5.74, 6) is 0. The van der Waals surface area contributed by atoms with Crippen LogP contribution in [0.15, 0.2) is 0 Å². The van der Waals surface area contributed by atoms with Crippen molar-refractivity contribution in [1.82, 2.24) is 9.80 Å². The summed E-state index contributed by atoms with van der Waals surface area (Å²) < 4.78 is 0. The standard InChI is InChI=1S/C10H18N2/c1-2-4-10-9(3-1)11-5-7-12(10)8-6-11/h9-10H,1-8H2. The van der Waals surface area contributed by atoms with Gasteiger partial charge in [0.1, 0.15) is 0 Å². The van der Waals surface area contributed by atoms with Gasteiger partial charge in [-0.05, 0) is 12.8 Å². The molecule has 68 valence electrons. The molecule has 3 aliphatic heterocycles. The first kappa shape index (κ1) is 7.34. The average molecular weight is 166 g/mol. The van der Waals surface area contributed by atoms with Crippen molar-refractivity contribution in [2.75, 3.05) is 26.2 Å². The van der Waals surface area contributed by atoms with E-state index in [9.17, 15) is 0 Å². The summed E-state index contributed by atoms with van der Waals surface area (Å²) in [6, 6.07) is 1.89. The molecule has 0 radical (unpaired) electrons. The number of hydrogen-bond acceptors (Lipinski definition) is 2. The van der Waals surface area contributed by atoms with Crippen LogP contribution in [0.4, 0.5) is 0 Å². The van der Waals surface area contributed by atoms with Crippen LogP contribution >= 0.6 is 0 Å². The van der Waals surface area contributed by atoms with Crippen molar-refractivity contribution in [3.63, 3.8) is 0 Å². The molecule has 2 heteroatoms. The molecule has 0 aromatic rings. The lowest BCUT2D eigenvalue weighted by molar-refractivity contribution is -0.0549. The molecule has 12 heavy (non-hydrogen) atoms.